The highest BCUT2D eigenvalue weighted by molar-refractivity contribution is 8.00. The molecule has 2 N–H and O–H groups in total. The van der Waals surface area contributed by atoms with Crippen LogP contribution in [0.2, 0.25) is 0 Å². The lowest BCUT2D eigenvalue weighted by Gasteiger charge is -2.28. The van der Waals surface area contributed by atoms with E-state index in [1.165, 1.54) is 4.90 Å². The van der Waals surface area contributed by atoms with Gasteiger partial charge in [-0.25, -0.2) is 9.80 Å². The first-order valence-electron chi connectivity index (χ1n) is 12.6. The van der Waals surface area contributed by atoms with Crippen molar-refractivity contribution in [3.63, 3.8) is 0 Å². The van der Waals surface area contributed by atoms with E-state index in [0.29, 0.717) is 27.5 Å². The van der Waals surface area contributed by atoms with Crippen LogP contribution in [0, 0.1) is 5.41 Å². The topological polar surface area (TPSA) is 119 Å². The zero-order valence-corrected chi connectivity index (χ0v) is 23.3. The second-order valence-electron chi connectivity index (χ2n) is 10.2. The maximum absolute atomic E-state index is 13.9. The highest BCUT2D eigenvalue weighted by atomic mass is 32.2. The van der Waals surface area contributed by atoms with E-state index in [0.717, 1.165) is 22.3 Å². The number of fused-ring (bicyclic) bond motifs is 1. The number of urea groups is 1. The summed E-state index contributed by atoms with van der Waals surface area (Å²) in [7, 11) is 0. The molecular formula is C30H30N4O5S. The van der Waals surface area contributed by atoms with E-state index in [1.807, 2.05) is 42.5 Å². The van der Waals surface area contributed by atoms with Crippen LogP contribution in [0.3, 0.4) is 0 Å². The molecule has 1 aliphatic heterocycles. The first kappa shape index (κ1) is 28.6. The quantitative estimate of drug-likeness (QED) is 0.352. The number of thioether (sulfide) groups is 1. The SMILES string of the molecule is CC(C)(C)C(=O)CN1C(=O)N(CC(=O)Nc2cccc(SCC(=O)O)c2)N=C(c2ccccc2)c2ccccc21. The van der Waals surface area contributed by atoms with Crippen molar-refractivity contribution in [1.29, 1.82) is 0 Å². The summed E-state index contributed by atoms with van der Waals surface area (Å²) in [4.78, 5) is 53.1. The van der Waals surface area contributed by atoms with Gasteiger partial charge in [-0.1, -0.05) is 75.4 Å². The monoisotopic (exact) mass is 558 g/mol. The largest absolute Gasteiger partial charge is 0.481 e. The van der Waals surface area contributed by atoms with Crippen LogP contribution in [0.15, 0.2) is 88.9 Å². The highest BCUT2D eigenvalue weighted by Gasteiger charge is 2.34. The molecule has 3 aromatic rings. The van der Waals surface area contributed by atoms with Gasteiger partial charge in [0, 0.05) is 27.1 Å². The molecule has 9 nitrogen and oxygen atoms in total. The van der Waals surface area contributed by atoms with Gasteiger partial charge in [0.15, 0.2) is 5.78 Å². The summed E-state index contributed by atoms with van der Waals surface area (Å²) in [5, 5.41) is 17.4. The number of aliphatic carboxylic acids is 1. The molecule has 0 unspecified atom stereocenters. The molecule has 0 atom stereocenters. The summed E-state index contributed by atoms with van der Waals surface area (Å²) in [5.41, 5.74) is 2.21. The molecule has 1 aliphatic rings. The number of carbonyl (C=O) groups excluding carboxylic acids is 3. The third-order valence-corrected chi connectivity index (χ3v) is 7.06. The summed E-state index contributed by atoms with van der Waals surface area (Å²) in [5.74, 6) is -1.70. The van der Waals surface area contributed by atoms with Gasteiger partial charge in [0.2, 0.25) is 5.91 Å². The third-order valence-electron chi connectivity index (χ3n) is 6.08. The Morgan fingerprint density at radius 1 is 0.925 bits per heavy atom. The van der Waals surface area contributed by atoms with Gasteiger partial charge in [-0.2, -0.15) is 5.10 Å². The minimum Gasteiger partial charge on any atom is -0.481 e. The Morgan fingerprint density at radius 2 is 1.62 bits per heavy atom. The second kappa shape index (κ2) is 12.2. The molecule has 206 valence electrons. The van der Waals surface area contributed by atoms with E-state index >= 15 is 0 Å². The number of hydrogen-bond donors (Lipinski definition) is 2. The van der Waals surface area contributed by atoms with Crippen LogP contribution < -0.4 is 10.2 Å². The number of anilines is 2. The molecule has 3 aromatic carbocycles. The summed E-state index contributed by atoms with van der Waals surface area (Å²) in [6, 6.07) is 22.8. The summed E-state index contributed by atoms with van der Waals surface area (Å²) in [6.07, 6.45) is 0. The average molecular weight is 559 g/mol. The van der Waals surface area contributed by atoms with Crippen LogP contribution >= 0.6 is 11.8 Å². The molecular weight excluding hydrogens is 528 g/mol. The highest BCUT2D eigenvalue weighted by Crippen LogP contribution is 2.30. The Bertz CT molecular complexity index is 1470. The molecule has 0 fully saturated rings. The van der Waals surface area contributed by atoms with E-state index in [1.54, 1.807) is 57.2 Å². The van der Waals surface area contributed by atoms with E-state index in [2.05, 4.69) is 10.4 Å². The van der Waals surface area contributed by atoms with Gasteiger partial charge >= 0.3 is 12.0 Å². The molecule has 0 aromatic heterocycles. The van der Waals surface area contributed by atoms with Gasteiger partial charge in [0.25, 0.3) is 0 Å². The van der Waals surface area contributed by atoms with Gasteiger partial charge in [0.05, 0.1) is 18.0 Å². The van der Waals surface area contributed by atoms with Crippen molar-refractivity contribution in [1.82, 2.24) is 5.01 Å². The standard InChI is InChI=1S/C30H30N4O5S/c1-30(2,3)25(35)17-33-24-15-8-7-14-23(24)28(20-10-5-4-6-11-20)32-34(29(33)39)18-26(36)31-21-12-9-13-22(16-21)40-19-27(37)38/h4-16H,17-19H2,1-3H3,(H,31,36)(H,37,38). The van der Waals surface area contributed by atoms with Crippen molar-refractivity contribution in [2.75, 3.05) is 29.1 Å². The number of carbonyl (C=O) groups is 4. The number of carboxylic acids is 1. The van der Waals surface area contributed by atoms with Crippen molar-refractivity contribution >= 4 is 52.5 Å². The molecule has 10 heteroatoms. The van der Waals surface area contributed by atoms with E-state index < -0.39 is 29.9 Å². The number of nitrogens with one attached hydrogen (secondary N) is 1. The second-order valence-corrected chi connectivity index (χ2v) is 11.2. The maximum Gasteiger partial charge on any atom is 0.345 e. The van der Waals surface area contributed by atoms with Crippen LogP contribution in [-0.4, -0.2) is 58.4 Å². The Kier molecular flexibility index (Phi) is 8.69. The van der Waals surface area contributed by atoms with E-state index in [4.69, 9.17) is 5.11 Å². The van der Waals surface area contributed by atoms with E-state index in [9.17, 15) is 19.2 Å². The Hall–Kier alpha value is -4.44. The van der Waals surface area contributed by atoms with Gasteiger partial charge in [-0.05, 0) is 24.3 Å². The van der Waals surface area contributed by atoms with Crippen LogP contribution in [-0.2, 0) is 14.4 Å². The van der Waals surface area contributed by atoms with Crippen LogP contribution in [0.4, 0.5) is 16.2 Å². The molecule has 0 bridgehead atoms. The van der Waals surface area contributed by atoms with E-state index in [-0.39, 0.29) is 18.1 Å². The summed E-state index contributed by atoms with van der Waals surface area (Å²) >= 11 is 1.13. The number of carboxylic acid groups (broad SMARTS) is 1. The first-order chi connectivity index (χ1) is 19.0. The van der Waals surface area contributed by atoms with Crippen molar-refractivity contribution in [3.8, 4) is 0 Å². The minimum absolute atomic E-state index is 0.111. The molecule has 1 heterocycles. The van der Waals surface area contributed by atoms with Crippen molar-refractivity contribution < 1.29 is 24.3 Å². The van der Waals surface area contributed by atoms with Gasteiger partial charge in [-0.3, -0.25) is 19.3 Å². The first-order valence-corrected chi connectivity index (χ1v) is 13.6. The number of ketones is 1. The summed E-state index contributed by atoms with van der Waals surface area (Å²) < 4.78 is 0. The number of nitrogens with zero attached hydrogens (tertiary/aromatic N) is 3. The normalized spacial score (nSPS) is 13.3. The number of hydrazone groups is 1. The zero-order chi connectivity index (χ0) is 28.9. The third kappa shape index (κ3) is 6.95. The number of benzene rings is 3. The predicted octanol–water partition coefficient (Wildman–Crippen LogP) is 5.11. The van der Waals surface area contributed by atoms with Crippen molar-refractivity contribution in [2.24, 2.45) is 10.5 Å². The molecule has 0 aliphatic carbocycles. The Balaban J connectivity index is 1.68. The van der Waals surface area contributed by atoms with Crippen LogP contribution in [0.5, 0.6) is 0 Å². The van der Waals surface area contributed by atoms with Gasteiger partial charge in [0.1, 0.15) is 12.3 Å². The molecule has 0 saturated heterocycles. The molecule has 0 saturated carbocycles. The molecule has 0 spiro atoms. The fourth-order valence-corrected chi connectivity index (χ4v) is 4.64. The van der Waals surface area contributed by atoms with Crippen molar-refractivity contribution in [3.05, 3.63) is 90.0 Å². The van der Waals surface area contributed by atoms with Gasteiger partial charge in [-0.15, -0.1) is 11.8 Å². The van der Waals surface area contributed by atoms with Crippen molar-refractivity contribution in [2.45, 2.75) is 25.7 Å². The lowest BCUT2D eigenvalue weighted by Crippen LogP contribution is -2.47. The maximum atomic E-state index is 13.9. The number of para-hydroxylation sites is 1. The number of rotatable bonds is 9. The molecule has 4 rings (SSSR count). The van der Waals surface area contributed by atoms with Gasteiger partial charge < -0.3 is 10.4 Å². The molecule has 3 amide bonds. The fraction of sp³-hybridized carbons (Fsp3) is 0.233. The number of amides is 3. The van der Waals surface area contributed by atoms with Crippen LogP contribution in [0.1, 0.15) is 31.9 Å². The summed E-state index contributed by atoms with van der Waals surface area (Å²) in [6.45, 7) is 4.80. The fourth-order valence-electron chi connectivity index (χ4n) is 3.96. The van der Waals surface area contributed by atoms with Crippen LogP contribution in [0.25, 0.3) is 0 Å². The number of Topliss-reactive ketones (excluding diaryl/α,β-unsaturated/α-hetero) is 1. The molecule has 40 heavy (non-hydrogen) atoms. The molecule has 0 radical (unpaired) electrons. The average Bonchev–Trinajstić information content (AvgIpc) is 3.03. The smallest absolute Gasteiger partial charge is 0.345 e. The number of hydrogen-bond acceptors (Lipinski definition) is 6. The lowest BCUT2D eigenvalue weighted by molar-refractivity contribution is -0.134. The Morgan fingerprint density at radius 3 is 2.33 bits per heavy atom. The lowest BCUT2D eigenvalue weighted by atomic mass is 9.90. The predicted molar refractivity (Wildman–Crippen MR) is 156 cm³/mol. The Labute approximate surface area is 236 Å². The minimum atomic E-state index is -0.943. The zero-order valence-electron chi connectivity index (χ0n) is 22.5.